The van der Waals surface area contributed by atoms with E-state index < -0.39 is 22.4 Å². The Bertz CT molecular complexity index is 1130. The van der Waals surface area contributed by atoms with Gasteiger partial charge in [-0.2, -0.15) is 0 Å². The molecule has 2 fully saturated rings. The number of imidazole rings is 1. The summed E-state index contributed by atoms with van der Waals surface area (Å²) in [5.74, 6) is -0.603. The van der Waals surface area contributed by atoms with E-state index in [2.05, 4.69) is 15.0 Å². The molecule has 0 saturated carbocycles. The van der Waals surface area contributed by atoms with Gasteiger partial charge in [0.2, 0.25) is 5.79 Å². The zero-order valence-corrected chi connectivity index (χ0v) is 22.5. The molecule has 34 heavy (non-hydrogen) atoms. The number of hydrogen-bond donors (Lipinski definition) is 1. The van der Waals surface area contributed by atoms with Crippen LogP contribution in [0.3, 0.4) is 0 Å². The summed E-state index contributed by atoms with van der Waals surface area (Å²) in [4.78, 5) is 12.0. The maximum absolute atomic E-state index is 12.9. The monoisotopic (exact) mass is 497 g/mol. The smallest absolute Gasteiger partial charge is 1.00 e. The average molecular weight is 498 g/mol. The van der Waals surface area contributed by atoms with E-state index in [1.807, 2.05) is 44.2 Å². The molecule has 4 heterocycles. The molecule has 0 amide bonds. The third kappa shape index (κ3) is 5.55. The molecule has 2 aliphatic heterocycles. The van der Waals surface area contributed by atoms with Gasteiger partial charge in [-0.05, 0) is 32.0 Å². The average Bonchev–Trinajstić information content (AvgIpc) is 3.46. The molecule has 1 N–H and O–H groups in total. The van der Waals surface area contributed by atoms with Crippen molar-refractivity contribution in [3.05, 3.63) is 47.8 Å². The molecule has 3 aromatic rings. The summed E-state index contributed by atoms with van der Waals surface area (Å²) in [6.45, 7) is 5.96. The number of aromatic amines is 1. The number of H-pyrrole nitrogens is 1. The van der Waals surface area contributed by atoms with Crippen LogP contribution in [0, 0.1) is 6.92 Å². The second-order valence-corrected chi connectivity index (χ2v) is 9.71. The molecular weight excluding hydrogens is 469 g/mol. The summed E-state index contributed by atoms with van der Waals surface area (Å²) in [6.07, 6.45) is 2.20. The van der Waals surface area contributed by atoms with Crippen molar-refractivity contribution in [1.82, 2.24) is 15.0 Å². The van der Waals surface area contributed by atoms with Crippen LogP contribution in [0.4, 0.5) is 0 Å². The Morgan fingerprint density at radius 3 is 2.62 bits per heavy atom. The van der Waals surface area contributed by atoms with E-state index in [1.165, 1.54) is 0 Å². The first-order valence-electron chi connectivity index (χ1n) is 10.9. The molecule has 178 valence electrons. The minimum absolute atomic E-state index is 0. The molecule has 0 bridgehead atoms. The number of ether oxygens (including phenoxy) is 5. The van der Waals surface area contributed by atoms with Gasteiger partial charge in [0.25, 0.3) is 0 Å². The van der Waals surface area contributed by atoms with Gasteiger partial charge in [0.15, 0.2) is 10.9 Å². The topological polar surface area (TPSA) is 105 Å². The van der Waals surface area contributed by atoms with Gasteiger partial charge in [0, 0.05) is 18.2 Å². The largest absolute Gasteiger partial charge is 1.00 e. The number of nitrogens with one attached hydrogen (secondary N) is 1. The van der Waals surface area contributed by atoms with Crippen LogP contribution < -0.4 is 34.3 Å². The predicted molar refractivity (Wildman–Crippen MR) is 121 cm³/mol. The third-order valence-electron chi connectivity index (χ3n) is 5.93. The molecule has 2 saturated heterocycles. The molecule has 11 heteroatoms. The number of nitrogens with zero attached hydrogens (tertiary/aromatic N) is 2. The Kier molecular flexibility index (Phi) is 8.10. The zero-order valence-electron chi connectivity index (χ0n) is 20.7. The van der Waals surface area contributed by atoms with Crippen LogP contribution >= 0.6 is 0 Å². The van der Waals surface area contributed by atoms with E-state index in [9.17, 15) is 4.21 Å². The molecule has 2 aliphatic rings. The maximum atomic E-state index is 12.9. The van der Waals surface area contributed by atoms with Crippen molar-refractivity contribution in [2.24, 2.45) is 0 Å². The number of rotatable bonds is 7. The van der Waals surface area contributed by atoms with Crippen molar-refractivity contribution >= 4 is 21.8 Å². The molecule has 1 unspecified atom stereocenters. The fraction of sp³-hybridized carbons (Fsp3) is 0.478. The summed E-state index contributed by atoms with van der Waals surface area (Å²) < 4.78 is 42.0. The quantitative estimate of drug-likeness (QED) is 0.454. The predicted octanol–water partition coefficient (Wildman–Crippen LogP) is -0.0344. The number of hydrogen-bond acceptors (Lipinski definition) is 8. The molecule has 5 rings (SSSR count). The number of aromatic nitrogens is 3. The summed E-state index contributed by atoms with van der Waals surface area (Å²) >= 11 is 0. The fourth-order valence-electron chi connectivity index (χ4n) is 3.85. The third-order valence-corrected chi connectivity index (χ3v) is 7.09. The van der Waals surface area contributed by atoms with Crippen molar-refractivity contribution in [2.45, 2.75) is 42.8 Å². The van der Waals surface area contributed by atoms with Crippen LogP contribution in [0.2, 0.25) is 0 Å². The second-order valence-electron chi connectivity index (χ2n) is 8.35. The van der Waals surface area contributed by atoms with Crippen molar-refractivity contribution < 1.29 is 58.9 Å². The Hall–Kier alpha value is -1.37. The van der Waals surface area contributed by atoms with Crippen LogP contribution in [0.1, 0.15) is 26.0 Å². The van der Waals surface area contributed by atoms with E-state index in [1.54, 1.807) is 6.20 Å². The van der Waals surface area contributed by atoms with Gasteiger partial charge in [-0.1, -0.05) is 12.1 Å². The van der Waals surface area contributed by atoms with Crippen molar-refractivity contribution in [1.29, 1.82) is 0 Å². The first kappa shape index (κ1) is 25.7. The Labute approximate surface area is 224 Å². The van der Waals surface area contributed by atoms with Gasteiger partial charge in [-0.25, -0.2) is 4.98 Å². The molecule has 0 radical (unpaired) electrons. The fourth-order valence-corrected chi connectivity index (χ4v) is 4.95. The van der Waals surface area contributed by atoms with Crippen LogP contribution in [0.15, 0.2) is 41.7 Å². The van der Waals surface area contributed by atoms with Gasteiger partial charge in [0.1, 0.15) is 19.0 Å². The first-order chi connectivity index (χ1) is 16.0. The second kappa shape index (κ2) is 10.7. The van der Waals surface area contributed by atoms with E-state index in [0.717, 1.165) is 16.6 Å². The Morgan fingerprint density at radius 1 is 1.15 bits per heavy atom. The maximum Gasteiger partial charge on any atom is 1.00 e. The van der Waals surface area contributed by atoms with Crippen molar-refractivity contribution in [2.75, 3.05) is 33.0 Å². The molecule has 1 atom stereocenters. The van der Waals surface area contributed by atoms with E-state index in [-0.39, 0.29) is 36.7 Å². The normalized spacial score (nSPS) is 19.7. The summed E-state index contributed by atoms with van der Waals surface area (Å²) in [5.41, 5.74) is 3.21. The standard InChI is InChI=1S/C23H27N3O6S.Na.H/c1-16-19(13-33(27)21-25-17-5-3-4-6-18(17)26-21)24-9-7-20(16)28-10-8-22(2)31-14-23(15-32-22)29-11-12-30-23;;/h3-7,9H,8,10-15H2,1-2H3,(H,25,26);;/q;+1;-1. The van der Waals surface area contributed by atoms with Crippen LogP contribution in [0.25, 0.3) is 11.0 Å². The summed E-state index contributed by atoms with van der Waals surface area (Å²) in [7, 11) is -1.35. The molecule has 1 spiro atoms. The van der Waals surface area contributed by atoms with Crippen molar-refractivity contribution in [3.8, 4) is 5.75 Å². The van der Waals surface area contributed by atoms with Crippen molar-refractivity contribution in [3.63, 3.8) is 0 Å². The van der Waals surface area contributed by atoms with Gasteiger partial charge in [-0.15, -0.1) is 0 Å². The van der Waals surface area contributed by atoms with Gasteiger partial charge < -0.3 is 30.1 Å². The summed E-state index contributed by atoms with van der Waals surface area (Å²) in [6, 6.07) is 9.43. The molecule has 1 aromatic carbocycles. The van der Waals surface area contributed by atoms with Gasteiger partial charge in [0.05, 0.1) is 53.1 Å². The number of benzene rings is 1. The zero-order chi connectivity index (χ0) is 22.9. The Balaban J connectivity index is 0.00000171. The Morgan fingerprint density at radius 2 is 1.88 bits per heavy atom. The van der Waals surface area contributed by atoms with Gasteiger partial charge >= 0.3 is 29.6 Å². The van der Waals surface area contributed by atoms with E-state index in [0.29, 0.717) is 56.1 Å². The SMILES string of the molecule is Cc1c(OCCC2(C)OCC3(CO2)OCCO3)ccnc1CS(=O)c1nc2ccccc2[nH]1.[H-].[Na+]. The van der Waals surface area contributed by atoms with Crippen LogP contribution in [0.5, 0.6) is 5.75 Å². The molecular formula is C23H28N3NaO6S. The first-order valence-corrected chi connectivity index (χ1v) is 12.2. The number of para-hydroxylation sites is 2. The minimum atomic E-state index is -1.35. The molecule has 2 aromatic heterocycles. The van der Waals surface area contributed by atoms with E-state index in [4.69, 9.17) is 23.7 Å². The van der Waals surface area contributed by atoms with E-state index >= 15 is 0 Å². The number of fused-ring (bicyclic) bond motifs is 1. The van der Waals surface area contributed by atoms with Gasteiger partial charge in [-0.3, -0.25) is 9.19 Å². The number of pyridine rings is 1. The summed E-state index contributed by atoms with van der Waals surface area (Å²) in [5, 5.41) is 0.441. The minimum Gasteiger partial charge on any atom is -1.00 e. The van der Waals surface area contributed by atoms with Crippen LogP contribution in [-0.2, 0) is 35.5 Å². The molecule has 0 aliphatic carbocycles. The molecule has 9 nitrogen and oxygen atoms in total. The van der Waals surface area contributed by atoms with Crippen LogP contribution in [-0.4, -0.2) is 63.8 Å².